The molecule has 1 N–H and O–H groups in total. The number of nitrogens with one attached hydrogen (secondary N) is 1. The molecule has 1 aromatic heterocycles. The number of hydrogen-bond donors (Lipinski definition) is 1. The maximum Gasteiger partial charge on any atom is 0.410 e. The third-order valence-electron chi connectivity index (χ3n) is 5.61. The zero-order valence-electron chi connectivity index (χ0n) is 20.2. The van der Waals surface area contributed by atoms with Gasteiger partial charge in [-0.15, -0.1) is 35.3 Å². The third-order valence-corrected chi connectivity index (χ3v) is 6.65. The number of rotatable bonds is 7. The topological polar surface area (TPSA) is 70.1 Å². The van der Waals surface area contributed by atoms with Gasteiger partial charge in [-0.05, 0) is 65.7 Å². The molecule has 0 atom stereocenters. The summed E-state index contributed by atoms with van der Waals surface area (Å²) in [5, 5.41) is 6.70. The summed E-state index contributed by atoms with van der Waals surface area (Å²) in [4.78, 5) is 26.7. The van der Waals surface area contributed by atoms with Crippen LogP contribution in [0.5, 0.6) is 0 Å². The minimum atomic E-state index is -0.461. The second-order valence-electron chi connectivity index (χ2n) is 9.55. The van der Waals surface area contributed by atoms with Gasteiger partial charge in [0.15, 0.2) is 5.96 Å². The summed E-state index contributed by atoms with van der Waals surface area (Å²) in [6.07, 6.45) is 5.14. The largest absolute Gasteiger partial charge is 0.444 e. The highest BCUT2D eigenvalue weighted by atomic mass is 127. The SMILES string of the molecule is CCNC(=NCc1csc(CC)n1)N1CCC(N(CC2CC2)C(=O)OC(C)(C)C)CC1.I. The number of nitrogens with zero attached hydrogens (tertiary/aromatic N) is 4. The van der Waals surface area contributed by atoms with Gasteiger partial charge in [-0.2, -0.15) is 0 Å². The Morgan fingerprint density at radius 2 is 1.97 bits per heavy atom. The second-order valence-corrected chi connectivity index (χ2v) is 10.5. The zero-order valence-corrected chi connectivity index (χ0v) is 23.4. The molecule has 2 fully saturated rings. The van der Waals surface area contributed by atoms with Crippen molar-refractivity contribution in [3.63, 3.8) is 0 Å². The summed E-state index contributed by atoms with van der Waals surface area (Å²) in [7, 11) is 0. The van der Waals surface area contributed by atoms with Crippen molar-refractivity contribution < 1.29 is 9.53 Å². The predicted octanol–water partition coefficient (Wildman–Crippen LogP) is 4.90. The van der Waals surface area contributed by atoms with Gasteiger partial charge >= 0.3 is 6.09 Å². The molecule has 1 saturated heterocycles. The van der Waals surface area contributed by atoms with E-state index >= 15 is 0 Å². The maximum absolute atomic E-state index is 12.9. The molecule has 1 amide bonds. The molecular weight excluding hydrogens is 537 g/mol. The monoisotopic (exact) mass is 577 g/mol. The first kappa shape index (κ1) is 27.1. The van der Waals surface area contributed by atoms with E-state index in [1.807, 2.05) is 25.7 Å². The van der Waals surface area contributed by atoms with Crippen LogP contribution in [0.1, 0.15) is 71.0 Å². The highest BCUT2D eigenvalue weighted by Gasteiger charge is 2.35. The molecule has 32 heavy (non-hydrogen) atoms. The number of carbonyl (C=O) groups is 1. The highest BCUT2D eigenvalue weighted by molar-refractivity contribution is 14.0. The van der Waals surface area contributed by atoms with E-state index in [4.69, 9.17) is 9.73 Å². The number of carbonyl (C=O) groups excluding carboxylic acids is 1. The number of aryl methyl sites for hydroxylation is 1. The van der Waals surface area contributed by atoms with Crippen molar-refractivity contribution >= 4 is 47.4 Å². The number of ether oxygens (including phenoxy) is 1. The molecule has 0 radical (unpaired) electrons. The molecule has 182 valence electrons. The van der Waals surface area contributed by atoms with Crippen molar-refractivity contribution in [1.29, 1.82) is 0 Å². The van der Waals surface area contributed by atoms with Crippen molar-refractivity contribution in [2.24, 2.45) is 10.9 Å². The molecule has 0 bridgehead atoms. The van der Waals surface area contributed by atoms with Gasteiger partial charge in [0, 0.05) is 37.6 Å². The van der Waals surface area contributed by atoms with E-state index in [9.17, 15) is 4.79 Å². The van der Waals surface area contributed by atoms with Crippen LogP contribution in [0.2, 0.25) is 0 Å². The van der Waals surface area contributed by atoms with E-state index in [1.165, 1.54) is 12.8 Å². The van der Waals surface area contributed by atoms with Crippen LogP contribution in [0.3, 0.4) is 0 Å². The Labute approximate surface area is 214 Å². The van der Waals surface area contributed by atoms with Crippen molar-refractivity contribution in [1.82, 2.24) is 20.1 Å². The van der Waals surface area contributed by atoms with E-state index < -0.39 is 5.60 Å². The maximum atomic E-state index is 12.9. The number of guanidine groups is 1. The molecule has 3 rings (SSSR count). The number of amides is 1. The number of aliphatic imine (C=N–C) groups is 1. The summed E-state index contributed by atoms with van der Waals surface area (Å²) in [6, 6.07) is 0.236. The Hall–Kier alpha value is -1.10. The van der Waals surface area contributed by atoms with Crippen molar-refractivity contribution in [2.75, 3.05) is 26.2 Å². The van der Waals surface area contributed by atoms with Gasteiger partial charge in [-0.25, -0.2) is 14.8 Å². The van der Waals surface area contributed by atoms with Gasteiger partial charge in [-0.1, -0.05) is 6.92 Å². The Bertz CT molecular complexity index is 752. The number of thiazole rings is 1. The third kappa shape index (κ3) is 8.35. The van der Waals surface area contributed by atoms with Crippen LogP contribution in [-0.2, 0) is 17.7 Å². The zero-order chi connectivity index (χ0) is 22.4. The van der Waals surface area contributed by atoms with Gasteiger partial charge in [-0.3, -0.25) is 0 Å². The van der Waals surface area contributed by atoms with E-state index in [0.717, 1.165) is 62.1 Å². The predicted molar refractivity (Wildman–Crippen MR) is 142 cm³/mol. The fourth-order valence-corrected chi connectivity index (χ4v) is 4.56. The van der Waals surface area contributed by atoms with E-state index in [1.54, 1.807) is 11.3 Å². The summed E-state index contributed by atoms with van der Waals surface area (Å²) < 4.78 is 5.72. The summed E-state index contributed by atoms with van der Waals surface area (Å²) >= 11 is 1.71. The molecule has 0 unspecified atom stereocenters. The molecule has 0 spiro atoms. The number of piperidine rings is 1. The number of aromatic nitrogens is 1. The van der Waals surface area contributed by atoms with Crippen molar-refractivity contribution in [2.45, 2.75) is 84.9 Å². The van der Waals surface area contributed by atoms with Crippen LogP contribution in [0, 0.1) is 5.92 Å². The van der Waals surface area contributed by atoms with Crippen LogP contribution in [0.15, 0.2) is 10.4 Å². The lowest BCUT2D eigenvalue weighted by Gasteiger charge is -2.40. The average Bonchev–Trinajstić information content (AvgIpc) is 3.43. The molecule has 7 nitrogen and oxygen atoms in total. The molecule has 2 aliphatic rings. The minimum Gasteiger partial charge on any atom is -0.444 e. The molecule has 2 heterocycles. The highest BCUT2D eigenvalue weighted by Crippen LogP contribution is 2.32. The van der Waals surface area contributed by atoms with Crippen LogP contribution < -0.4 is 5.32 Å². The van der Waals surface area contributed by atoms with Crippen LogP contribution in [0.25, 0.3) is 0 Å². The summed E-state index contributed by atoms with van der Waals surface area (Å²) in [5.41, 5.74) is 0.574. The lowest BCUT2D eigenvalue weighted by atomic mass is 10.0. The van der Waals surface area contributed by atoms with Gasteiger partial charge in [0.05, 0.1) is 17.2 Å². The molecular formula is C23H40IN5O2S. The molecule has 1 aliphatic heterocycles. The molecule has 1 aromatic rings. The quantitative estimate of drug-likeness (QED) is 0.284. The van der Waals surface area contributed by atoms with Crippen LogP contribution in [0.4, 0.5) is 4.79 Å². The Morgan fingerprint density at radius 3 is 2.50 bits per heavy atom. The molecule has 9 heteroatoms. The first-order valence-corrected chi connectivity index (χ1v) is 12.6. The van der Waals surface area contributed by atoms with E-state index in [2.05, 4.69) is 34.4 Å². The van der Waals surface area contributed by atoms with Crippen molar-refractivity contribution in [3.8, 4) is 0 Å². The Kier molecular flexibility index (Phi) is 10.5. The van der Waals surface area contributed by atoms with Gasteiger partial charge in [0.1, 0.15) is 5.60 Å². The summed E-state index contributed by atoms with van der Waals surface area (Å²) in [6.45, 7) is 14.1. The molecule has 1 saturated carbocycles. The fourth-order valence-electron chi connectivity index (χ4n) is 3.83. The van der Waals surface area contributed by atoms with E-state index in [0.29, 0.717) is 12.5 Å². The lowest BCUT2D eigenvalue weighted by Crippen LogP contribution is -2.52. The smallest absolute Gasteiger partial charge is 0.410 e. The number of halogens is 1. The minimum absolute atomic E-state index is 0. The van der Waals surface area contributed by atoms with Crippen LogP contribution >= 0.6 is 35.3 Å². The van der Waals surface area contributed by atoms with Crippen LogP contribution in [-0.4, -0.2) is 64.7 Å². The summed E-state index contributed by atoms with van der Waals surface area (Å²) in [5.74, 6) is 1.59. The second kappa shape index (κ2) is 12.4. The van der Waals surface area contributed by atoms with E-state index in [-0.39, 0.29) is 36.1 Å². The lowest BCUT2D eigenvalue weighted by molar-refractivity contribution is 0.00928. The standard InChI is InChI=1S/C23H39N5O2S.HI/c1-6-20-26-18(16-31-20)14-25-21(24-7-2)27-12-10-19(11-13-27)28(15-17-8-9-17)22(29)30-23(3,4)5;/h16-17,19H,6-15H2,1-5H3,(H,24,25);1H. The normalized spacial score (nSPS) is 17.7. The van der Waals surface area contributed by atoms with Gasteiger partial charge < -0.3 is 19.9 Å². The van der Waals surface area contributed by atoms with Gasteiger partial charge in [0.2, 0.25) is 0 Å². The fraction of sp³-hybridized carbons (Fsp3) is 0.783. The molecule has 1 aliphatic carbocycles. The number of hydrogen-bond acceptors (Lipinski definition) is 5. The first-order valence-electron chi connectivity index (χ1n) is 11.7. The molecule has 0 aromatic carbocycles. The van der Waals surface area contributed by atoms with Gasteiger partial charge in [0.25, 0.3) is 0 Å². The Morgan fingerprint density at radius 1 is 1.28 bits per heavy atom. The first-order chi connectivity index (χ1) is 14.8. The Balaban J connectivity index is 0.00000363. The van der Waals surface area contributed by atoms with Crippen molar-refractivity contribution in [3.05, 3.63) is 16.1 Å². The average molecular weight is 578 g/mol. The number of likely N-dealkylation sites (tertiary alicyclic amines) is 1.